The topological polar surface area (TPSA) is 85.8 Å². The first-order valence-corrected chi connectivity index (χ1v) is 5.21. The Morgan fingerprint density at radius 3 is 3.06 bits per heavy atom. The van der Waals surface area contributed by atoms with Gasteiger partial charge in [-0.3, -0.25) is 4.79 Å². The lowest BCUT2D eigenvalue weighted by Gasteiger charge is -2.09. The number of aromatic nitrogens is 3. The largest absolute Gasteiger partial charge is 0.348 e. The Kier molecular flexibility index (Phi) is 3.00. The summed E-state index contributed by atoms with van der Waals surface area (Å²) in [6.45, 7) is 0.398. The van der Waals surface area contributed by atoms with Crippen molar-refractivity contribution in [2.45, 2.75) is 19.0 Å². The summed E-state index contributed by atoms with van der Waals surface area (Å²) in [5.74, 6) is 0.620. The Morgan fingerprint density at radius 1 is 1.69 bits per heavy atom. The monoisotopic (exact) mass is 221 g/mol. The molecule has 1 aliphatic carbocycles. The Balaban J connectivity index is 1.85. The van der Waals surface area contributed by atoms with Crippen molar-refractivity contribution in [1.82, 2.24) is 20.1 Å². The molecule has 6 heteroatoms. The minimum Gasteiger partial charge on any atom is -0.348 e. The number of rotatable bonds is 3. The Bertz CT molecular complexity index is 411. The minimum atomic E-state index is -0.108. The zero-order valence-corrected chi connectivity index (χ0v) is 9.13. The summed E-state index contributed by atoms with van der Waals surface area (Å²) < 4.78 is 1.77. The predicted molar refractivity (Wildman–Crippen MR) is 58.1 cm³/mol. The molecule has 0 aliphatic heterocycles. The van der Waals surface area contributed by atoms with Gasteiger partial charge in [0, 0.05) is 13.1 Å². The van der Waals surface area contributed by atoms with Crippen LogP contribution in [0.5, 0.6) is 0 Å². The van der Waals surface area contributed by atoms with E-state index < -0.39 is 0 Å². The van der Waals surface area contributed by atoms with E-state index in [1.165, 1.54) is 0 Å². The lowest BCUT2D eigenvalue weighted by Crippen LogP contribution is -2.31. The first-order chi connectivity index (χ1) is 7.66. The van der Waals surface area contributed by atoms with Crippen LogP contribution in [0.25, 0.3) is 0 Å². The quantitative estimate of drug-likeness (QED) is 0.663. The molecule has 0 saturated carbocycles. The van der Waals surface area contributed by atoms with Crippen LogP contribution in [0.15, 0.2) is 18.5 Å². The van der Waals surface area contributed by atoms with E-state index in [1.807, 2.05) is 19.2 Å². The van der Waals surface area contributed by atoms with Crippen LogP contribution in [-0.2, 0) is 18.4 Å². The fourth-order valence-corrected chi connectivity index (χ4v) is 1.69. The minimum absolute atomic E-state index is 0.00516. The molecule has 1 aromatic heterocycles. The van der Waals surface area contributed by atoms with E-state index in [0.29, 0.717) is 13.0 Å². The normalized spacial score (nSPS) is 23.6. The van der Waals surface area contributed by atoms with Crippen molar-refractivity contribution in [1.29, 1.82) is 0 Å². The van der Waals surface area contributed by atoms with Crippen LogP contribution in [0.3, 0.4) is 0 Å². The van der Waals surface area contributed by atoms with Crippen molar-refractivity contribution in [3.8, 4) is 0 Å². The summed E-state index contributed by atoms with van der Waals surface area (Å²) in [5, 5.41) is 10.4. The summed E-state index contributed by atoms with van der Waals surface area (Å²) in [7, 11) is 1.84. The second-order valence-electron chi connectivity index (χ2n) is 3.97. The number of nitrogens with two attached hydrogens (primary N) is 1. The van der Waals surface area contributed by atoms with E-state index in [1.54, 1.807) is 10.9 Å². The van der Waals surface area contributed by atoms with E-state index in [9.17, 15) is 4.79 Å². The second-order valence-corrected chi connectivity index (χ2v) is 3.97. The number of hydrogen-bond acceptors (Lipinski definition) is 4. The third-order valence-electron chi connectivity index (χ3n) is 2.68. The average Bonchev–Trinajstić information content (AvgIpc) is 2.84. The van der Waals surface area contributed by atoms with Gasteiger partial charge in [0.05, 0.1) is 12.5 Å². The van der Waals surface area contributed by atoms with Gasteiger partial charge in [0.25, 0.3) is 0 Å². The molecule has 0 saturated heterocycles. The molecule has 0 aromatic carbocycles. The molecule has 0 bridgehead atoms. The van der Waals surface area contributed by atoms with Crippen molar-refractivity contribution in [2.75, 3.05) is 0 Å². The van der Waals surface area contributed by atoms with Crippen molar-refractivity contribution in [3.05, 3.63) is 24.3 Å². The smallest absolute Gasteiger partial charge is 0.227 e. The molecule has 0 fully saturated rings. The lowest BCUT2D eigenvalue weighted by molar-refractivity contribution is -0.123. The molecule has 1 aromatic rings. The highest BCUT2D eigenvalue weighted by Crippen LogP contribution is 2.16. The first-order valence-electron chi connectivity index (χ1n) is 5.21. The number of amides is 1. The van der Waals surface area contributed by atoms with Crippen LogP contribution in [0, 0.1) is 5.92 Å². The fraction of sp³-hybridized carbons (Fsp3) is 0.500. The molecule has 1 amide bonds. The molecule has 86 valence electrons. The van der Waals surface area contributed by atoms with Crippen molar-refractivity contribution in [3.63, 3.8) is 0 Å². The summed E-state index contributed by atoms with van der Waals surface area (Å²) in [6, 6.07) is 0.00516. The Hall–Kier alpha value is -1.69. The zero-order chi connectivity index (χ0) is 11.5. The molecular weight excluding hydrogens is 206 g/mol. The van der Waals surface area contributed by atoms with Crippen molar-refractivity contribution < 1.29 is 4.79 Å². The maximum atomic E-state index is 11.7. The second kappa shape index (κ2) is 4.44. The summed E-state index contributed by atoms with van der Waals surface area (Å²) in [5.41, 5.74) is 5.68. The maximum Gasteiger partial charge on any atom is 0.227 e. The maximum absolute atomic E-state index is 11.7. The lowest BCUT2D eigenvalue weighted by atomic mass is 10.1. The van der Waals surface area contributed by atoms with Gasteiger partial charge in [-0.2, -0.15) is 0 Å². The third kappa shape index (κ3) is 2.27. The van der Waals surface area contributed by atoms with E-state index >= 15 is 0 Å². The van der Waals surface area contributed by atoms with Crippen LogP contribution >= 0.6 is 0 Å². The molecule has 3 N–H and O–H groups in total. The third-order valence-corrected chi connectivity index (χ3v) is 2.68. The average molecular weight is 221 g/mol. The Labute approximate surface area is 93.5 Å². The Morgan fingerprint density at radius 2 is 2.50 bits per heavy atom. The molecule has 0 radical (unpaired) electrons. The number of aryl methyl sites for hydroxylation is 1. The molecule has 0 spiro atoms. The van der Waals surface area contributed by atoms with Crippen molar-refractivity contribution in [2.24, 2.45) is 18.7 Å². The van der Waals surface area contributed by atoms with Gasteiger partial charge in [0.2, 0.25) is 5.91 Å². The highest BCUT2D eigenvalue weighted by molar-refractivity contribution is 5.80. The van der Waals surface area contributed by atoms with Crippen LogP contribution < -0.4 is 11.1 Å². The van der Waals surface area contributed by atoms with Gasteiger partial charge in [0.1, 0.15) is 6.33 Å². The van der Waals surface area contributed by atoms with Crippen LogP contribution in [0.1, 0.15) is 12.2 Å². The molecular formula is C10H15N5O. The first kappa shape index (κ1) is 10.8. The SMILES string of the molecule is Cn1cnnc1CNC(=O)C1C=CC(N)C1. The number of hydrogen-bond donors (Lipinski definition) is 2. The van der Waals surface area contributed by atoms with E-state index in [4.69, 9.17) is 5.73 Å². The summed E-state index contributed by atoms with van der Waals surface area (Å²) in [4.78, 5) is 11.7. The highest BCUT2D eigenvalue weighted by Gasteiger charge is 2.22. The van der Waals surface area contributed by atoms with Gasteiger partial charge in [-0.15, -0.1) is 10.2 Å². The van der Waals surface area contributed by atoms with Gasteiger partial charge in [-0.1, -0.05) is 12.2 Å². The van der Waals surface area contributed by atoms with Crippen LogP contribution in [0.2, 0.25) is 0 Å². The fourth-order valence-electron chi connectivity index (χ4n) is 1.69. The number of nitrogens with one attached hydrogen (secondary N) is 1. The molecule has 16 heavy (non-hydrogen) atoms. The summed E-state index contributed by atoms with van der Waals surface area (Å²) in [6.07, 6.45) is 6.01. The number of carbonyl (C=O) groups excluding carboxylic acids is 1. The molecule has 2 atom stereocenters. The molecule has 2 unspecified atom stereocenters. The standard InChI is InChI=1S/C10H15N5O/c1-15-6-13-14-9(15)5-12-10(16)7-2-3-8(11)4-7/h2-3,6-8H,4-5,11H2,1H3,(H,12,16). The van der Waals surface area contributed by atoms with Gasteiger partial charge < -0.3 is 15.6 Å². The summed E-state index contributed by atoms with van der Waals surface area (Å²) >= 11 is 0. The van der Waals surface area contributed by atoms with Crippen molar-refractivity contribution >= 4 is 5.91 Å². The van der Waals surface area contributed by atoms with Crippen LogP contribution in [-0.4, -0.2) is 26.7 Å². The van der Waals surface area contributed by atoms with E-state index in [2.05, 4.69) is 15.5 Å². The van der Waals surface area contributed by atoms with Gasteiger partial charge in [0.15, 0.2) is 5.82 Å². The highest BCUT2D eigenvalue weighted by atomic mass is 16.1. The molecule has 6 nitrogen and oxygen atoms in total. The van der Waals surface area contributed by atoms with Crippen LogP contribution in [0.4, 0.5) is 0 Å². The number of nitrogens with zero attached hydrogens (tertiary/aromatic N) is 3. The zero-order valence-electron chi connectivity index (χ0n) is 9.13. The van der Waals surface area contributed by atoms with E-state index in [-0.39, 0.29) is 17.9 Å². The van der Waals surface area contributed by atoms with Gasteiger partial charge in [-0.25, -0.2) is 0 Å². The molecule has 2 rings (SSSR count). The van der Waals surface area contributed by atoms with Gasteiger partial charge >= 0.3 is 0 Å². The molecule has 1 heterocycles. The van der Waals surface area contributed by atoms with E-state index in [0.717, 1.165) is 5.82 Å². The molecule has 1 aliphatic rings. The number of carbonyl (C=O) groups is 1. The predicted octanol–water partition coefficient (Wildman–Crippen LogP) is -0.665. The van der Waals surface area contributed by atoms with Gasteiger partial charge in [-0.05, 0) is 6.42 Å².